The molecule has 3 aromatic rings. The predicted molar refractivity (Wildman–Crippen MR) is 84.3 cm³/mol. The van der Waals surface area contributed by atoms with Crippen LogP contribution in [0.2, 0.25) is 0 Å². The fourth-order valence-corrected chi connectivity index (χ4v) is 2.18. The number of phenolic OH excluding ortho intramolecular Hbond substituents is 1. The quantitative estimate of drug-likeness (QED) is 0.740. The van der Waals surface area contributed by atoms with Crippen LogP contribution in [-0.4, -0.2) is 43.1 Å². The molecule has 8 nitrogen and oxygen atoms in total. The number of aromatic hydroxyl groups is 1. The van der Waals surface area contributed by atoms with Crippen LogP contribution in [0.3, 0.4) is 0 Å². The van der Waals surface area contributed by atoms with Crippen molar-refractivity contribution in [1.82, 2.24) is 24.7 Å². The van der Waals surface area contributed by atoms with Crippen molar-refractivity contribution in [2.24, 2.45) is 5.10 Å². The van der Waals surface area contributed by atoms with Gasteiger partial charge in [-0.25, -0.2) is 4.68 Å². The minimum absolute atomic E-state index is 0.0808. The van der Waals surface area contributed by atoms with E-state index in [2.05, 4.69) is 20.4 Å². The number of phenols is 1. The van der Waals surface area contributed by atoms with E-state index in [4.69, 9.17) is 4.74 Å². The molecule has 0 aliphatic rings. The highest BCUT2D eigenvalue weighted by atomic mass is 16.5. The van der Waals surface area contributed by atoms with Crippen LogP contribution < -0.4 is 4.74 Å². The second-order valence-corrected chi connectivity index (χ2v) is 4.99. The van der Waals surface area contributed by atoms with Crippen molar-refractivity contribution in [2.45, 2.75) is 13.8 Å². The molecular weight excluding hydrogens is 296 g/mol. The first-order chi connectivity index (χ1) is 11.1. The normalized spacial score (nSPS) is 11.3. The van der Waals surface area contributed by atoms with E-state index >= 15 is 0 Å². The molecule has 0 spiro atoms. The first kappa shape index (κ1) is 14.8. The minimum Gasteiger partial charge on any atom is -0.504 e. The Morgan fingerprint density at radius 3 is 2.78 bits per heavy atom. The number of hydrogen-bond acceptors (Lipinski definition) is 6. The van der Waals surface area contributed by atoms with Gasteiger partial charge in [0, 0.05) is 5.69 Å². The molecule has 0 bridgehead atoms. The van der Waals surface area contributed by atoms with E-state index in [0.717, 1.165) is 17.0 Å². The van der Waals surface area contributed by atoms with Gasteiger partial charge in [-0.1, -0.05) is 0 Å². The Morgan fingerprint density at radius 2 is 2.09 bits per heavy atom. The molecule has 23 heavy (non-hydrogen) atoms. The molecule has 0 unspecified atom stereocenters. The highest BCUT2D eigenvalue weighted by molar-refractivity contribution is 5.80. The summed E-state index contributed by atoms with van der Waals surface area (Å²) in [7, 11) is 1.50. The summed E-state index contributed by atoms with van der Waals surface area (Å²) < 4.78 is 8.28. The van der Waals surface area contributed by atoms with Crippen LogP contribution in [0.15, 0.2) is 35.7 Å². The second-order valence-electron chi connectivity index (χ2n) is 4.99. The van der Waals surface area contributed by atoms with Crippen molar-refractivity contribution in [3.8, 4) is 17.4 Å². The van der Waals surface area contributed by atoms with E-state index in [1.165, 1.54) is 18.1 Å². The number of aromatic nitrogens is 5. The maximum Gasteiger partial charge on any atom is 0.273 e. The van der Waals surface area contributed by atoms with Crippen molar-refractivity contribution in [3.63, 3.8) is 0 Å². The molecule has 118 valence electrons. The van der Waals surface area contributed by atoms with Crippen LogP contribution in [0.1, 0.15) is 17.0 Å². The summed E-state index contributed by atoms with van der Waals surface area (Å²) in [6, 6.07) is 6.92. The van der Waals surface area contributed by atoms with E-state index in [0.29, 0.717) is 11.7 Å². The molecule has 1 N–H and O–H groups in total. The lowest BCUT2D eigenvalue weighted by molar-refractivity contribution is 0.373. The Bertz CT molecular complexity index is 865. The van der Waals surface area contributed by atoms with Gasteiger partial charge < -0.3 is 9.84 Å². The molecule has 2 aromatic heterocycles. The van der Waals surface area contributed by atoms with Crippen LogP contribution in [0, 0.1) is 13.8 Å². The number of hydrogen-bond donors (Lipinski definition) is 1. The third-order valence-corrected chi connectivity index (χ3v) is 3.25. The zero-order valence-corrected chi connectivity index (χ0v) is 13.0. The van der Waals surface area contributed by atoms with E-state index in [1.54, 1.807) is 29.1 Å². The van der Waals surface area contributed by atoms with E-state index in [1.807, 2.05) is 19.9 Å². The van der Waals surface area contributed by atoms with Crippen LogP contribution in [-0.2, 0) is 0 Å². The van der Waals surface area contributed by atoms with Crippen LogP contribution in [0.5, 0.6) is 11.5 Å². The third-order valence-electron chi connectivity index (χ3n) is 3.25. The van der Waals surface area contributed by atoms with Gasteiger partial charge in [0.25, 0.3) is 5.95 Å². The molecule has 2 heterocycles. The van der Waals surface area contributed by atoms with Crippen molar-refractivity contribution in [3.05, 3.63) is 47.5 Å². The van der Waals surface area contributed by atoms with Crippen molar-refractivity contribution in [2.75, 3.05) is 7.11 Å². The van der Waals surface area contributed by atoms with Crippen molar-refractivity contribution in [1.29, 1.82) is 0 Å². The van der Waals surface area contributed by atoms with Crippen LogP contribution >= 0.6 is 0 Å². The van der Waals surface area contributed by atoms with E-state index < -0.39 is 0 Å². The maximum atomic E-state index is 9.61. The predicted octanol–water partition coefficient (Wildman–Crippen LogP) is 1.68. The molecule has 8 heteroatoms. The number of benzene rings is 1. The summed E-state index contributed by atoms with van der Waals surface area (Å²) in [5.41, 5.74) is 2.61. The molecule has 0 radical (unpaired) electrons. The number of nitrogens with zero attached hydrogens (tertiary/aromatic N) is 6. The maximum absolute atomic E-state index is 9.61. The average molecular weight is 312 g/mol. The lowest BCUT2D eigenvalue weighted by atomic mass is 10.2. The monoisotopic (exact) mass is 312 g/mol. The Morgan fingerprint density at radius 1 is 1.26 bits per heavy atom. The summed E-state index contributed by atoms with van der Waals surface area (Å²) in [6.07, 6.45) is 3.13. The highest BCUT2D eigenvalue weighted by Gasteiger charge is 2.10. The molecule has 0 saturated carbocycles. The molecule has 0 fully saturated rings. The number of rotatable bonds is 4. The molecule has 0 saturated heterocycles. The third kappa shape index (κ3) is 2.91. The Labute approximate surface area is 132 Å². The fourth-order valence-electron chi connectivity index (χ4n) is 2.18. The van der Waals surface area contributed by atoms with Gasteiger partial charge in [0.1, 0.15) is 6.33 Å². The molecular formula is C15H16N6O2. The number of ether oxygens (including phenoxy) is 1. The van der Waals surface area contributed by atoms with Crippen LogP contribution in [0.25, 0.3) is 5.95 Å². The second kappa shape index (κ2) is 5.91. The summed E-state index contributed by atoms with van der Waals surface area (Å²) in [6.45, 7) is 3.85. The topological polar surface area (TPSA) is 90.4 Å². The van der Waals surface area contributed by atoms with Crippen molar-refractivity contribution < 1.29 is 9.84 Å². The Kier molecular flexibility index (Phi) is 3.80. The zero-order valence-electron chi connectivity index (χ0n) is 13.0. The molecule has 3 rings (SSSR count). The Hall–Kier alpha value is -3.16. The van der Waals surface area contributed by atoms with Gasteiger partial charge in [0.05, 0.1) is 19.0 Å². The fraction of sp³-hybridized carbons (Fsp3) is 0.200. The Balaban J connectivity index is 1.92. The van der Waals surface area contributed by atoms with Crippen molar-refractivity contribution >= 4 is 6.21 Å². The van der Waals surface area contributed by atoms with Gasteiger partial charge in [-0.3, -0.25) is 0 Å². The summed E-state index contributed by atoms with van der Waals surface area (Å²) >= 11 is 0. The summed E-state index contributed by atoms with van der Waals surface area (Å²) in [5.74, 6) is 0.964. The first-order valence-electron chi connectivity index (χ1n) is 6.93. The van der Waals surface area contributed by atoms with Gasteiger partial charge in [-0.15, -0.1) is 10.2 Å². The average Bonchev–Trinajstić information content (AvgIpc) is 3.12. The van der Waals surface area contributed by atoms with E-state index in [-0.39, 0.29) is 5.75 Å². The first-order valence-corrected chi connectivity index (χ1v) is 6.93. The number of methoxy groups -OCH3 is 1. The largest absolute Gasteiger partial charge is 0.504 e. The molecule has 1 aromatic carbocycles. The van der Waals surface area contributed by atoms with Gasteiger partial charge in [-0.2, -0.15) is 14.9 Å². The van der Waals surface area contributed by atoms with Gasteiger partial charge in [0.15, 0.2) is 11.5 Å². The van der Waals surface area contributed by atoms with Gasteiger partial charge in [-0.05, 0) is 43.7 Å². The molecule has 0 atom stereocenters. The highest BCUT2D eigenvalue weighted by Crippen LogP contribution is 2.25. The minimum atomic E-state index is 0.0808. The molecule has 0 aliphatic heterocycles. The summed E-state index contributed by atoms with van der Waals surface area (Å²) in [4.78, 5) is 0. The van der Waals surface area contributed by atoms with Crippen LogP contribution in [0.4, 0.5) is 0 Å². The lowest BCUT2D eigenvalue weighted by Crippen LogP contribution is -2.06. The summed E-state index contributed by atoms with van der Waals surface area (Å²) in [5, 5.41) is 26.3. The molecule has 0 aliphatic carbocycles. The van der Waals surface area contributed by atoms with E-state index in [9.17, 15) is 5.11 Å². The van der Waals surface area contributed by atoms with Gasteiger partial charge in [0.2, 0.25) is 0 Å². The molecule has 0 amide bonds. The number of aryl methyl sites for hydroxylation is 2. The van der Waals surface area contributed by atoms with Gasteiger partial charge >= 0.3 is 0 Å². The SMILES string of the molecule is COc1cc(/C=N\n2cnnc2-n2nc(C)cc2C)ccc1O. The lowest BCUT2D eigenvalue weighted by Gasteiger charge is -2.04. The zero-order chi connectivity index (χ0) is 16.4. The standard InChI is InChI=1S/C15H16N6O2/c1-10-6-11(2)21(19-10)15-18-16-9-20(15)17-8-12-4-5-13(22)14(7-12)23-3/h4-9,22H,1-3H3/b17-8-. The smallest absolute Gasteiger partial charge is 0.273 e.